The normalized spacial score (nSPS) is 11.9. The molecular formula is C11H12N2O3. The Labute approximate surface area is 92.1 Å². The molecule has 0 aliphatic rings. The summed E-state index contributed by atoms with van der Waals surface area (Å²) in [6.07, 6.45) is 1.60. The first-order chi connectivity index (χ1) is 7.49. The number of aliphatic carboxylic acids is 1. The van der Waals surface area contributed by atoms with Gasteiger partial charge in [-0.2, -0.15) is 4.98 Å². The van der Waals surface area contributed by atoms with Crippen LogP contribution in [0.1, 0.15) is 26.2 Å². The molecule has 0 amide bonds. The Bertz CT molecular complexity index is 498. The van der Waals surface area contributed by atoms with Crippen molar-refractivity contribution >= 4 is 17.2 Å². The van der Waals surface area contributed by atoms with Gasteiger partial charge in [0.1, 0.15) is 0 Å². The number of carbonyl (C=O) groups is 1. The van der Waals surface area contributed by atoms with Crippen molar-refractivity contribution in [3.05, 3.63) is 24.2 Å². The first-order valence-corrected chi connectivity index (χ1v) is 4.93. The summed E-state index contributed by atoms with van der Waals surface area (Å²) < 4.78 is 5.50. The van der Waals surface area contributed by atoms with Gasteiger partial charge in [0.2, 0.25) is 5.89 Å². The van der Waals surface area contributed by atoms with Gasteiger partial charge in [0.25, 0.3) is 0 Å². The predicted molar refractivity (Wildman–Crippen MR) is 57.1 cm³/mol. The van der Waals surface area contributed by atoms with Gasteiger partial charge < -0.3 is 9.52 Å². The number of oxazole rings is 1. The second-order valence-electron chi connectivity index (χ2n) is 4.30. The van der Waals surface area contributed by atoms with E-state index in [-0.39, 0.29) is 6.42 Å². The molecule has 0 radical (unpaired) electrons. The maximum atomic E-state index is 10.7. The molecule has 0 aromatic carbocycles. The zero-order valence-electron chi connectivity index (χ0n) is 9.10. The van der Waals surface area contributed by atoms with Crippen LogP contribution in [0, 0.1) is 0 Å². The number of carboxylic acid groups (broad SMARTS) is 1. The summed E-state index contributed by atoms with van der Waals surface area (Å²) >= 11 is 0. The number of fused-ring (bicyclic) bond motifs is 1. The largest absolute Gasteiger partial charge is 0.481 e. The lowest BCUT2D eigenvalue weighted by Crippen LogP contribution is -2.21. The number of carboxylic acids is 1. The van der Waals surface area contributed by atoms with E-state index < -0.39 is 11.4 Å². The molecule has 1 N–H and O–H groups in total. The van der Waals surface area contributed by atoms with Crippen molar-refractivity contribution in [2.45, 2.75) is 25.7 Å². The van der Waals surface area contributed by atoms with Crippen LogP contribution in [0.15, 0.2) is 22.7 Å². The summed E-state index contributed by atoms with van der Waals surface area (Å²) in [7, 11) is 0. The van der Waals surface area contributed by atoms with E-state index in [0.717, 1.165) is 0 Å². The number of hydrogen-bond donors (Lipinski definition) is 1. The highest BCUT2D eigenvalue weighted by atomic mass is 16.4. The third-order valence-electron chi connectivity index (χ3n) is 2.34. The van der Waals surface area contributed by atoms with Gasteiger partial charge in [-0.1, -0.05) is 13.8 Å². The van der Waals surface area contributed by atoms with E-state index >= 15 is 0 Å². The molecule has 0 bridgehead atoms. The van der Waals surface area contributed by atoms with Crippen molar-refractivity contribution in [1.29, 1.82) is 0 Å². The van der Waals surface area contributed by atoms with Crippen LogP contribution in [0.3, 0.4) is 0 Å². The molecule has 0 saturated carbocycles. The number of nitrogens with zero attached hydrogens (tertiary/aromatic N) is 2. The fourth-order valence-corrected chi connectivity index (χ4v) is 1.51. The number of rotatable bonds is 3. The third kappa shape index (κ3) is 1.88. The van der Waals surface area contributed by atoms with E-state index in [1.165, 1.54) is 0 Å². The number of aromatic nitrogens is 2. The Hall–Kier alpha value is -1.91. The molecule has 5 nitrogen and oxygen atoms in total. The van der Waals surface area contributed by atoms with Crippen LogP contribution in [0.2, 0.25) is 0 Å². The van der Waals surface area contributed by atoms with Crippen LogP contribution in [0.4, 0.5) is 0 Å². The second-order valence-corrected chi connectivity index (χ2v) is 4.30. The Balaban J connectivity index is 2.43. The monoisotopic (exact) mass is 220 g/mol. The second kappa shape index (κ2) is 3.59. The smallest absolute Gasteiger partial charge is 0.304 e. The van der Waals surface area contributed by atoms with Crippen LogP contribution < -0.4 is 0 Å². The molecular weight excluding hydrogens is 208 g/mol. The van der Waals surface area contributed by atoms with E-state index in [2.05, 4.69) is 9.97 Å². The van der Waals surface area contributed by atoms with Gasteiger partial charge in [0.05, 0.1) is 11.8 Å². The summed E-state index contributed by atoms with van der Waals surface area (Å²) in [5.74, 6) is -0.469. The minimum atomic E-state index is -0.875. The maximum Gasteiger partial charge on any atom is 0.304 e. The van der Waals surface area contributed by atoms with Gasteiger partial charge in [-0.25, -0.2) is 4.98 Å². The van der Waals surface area contributed by atoms with Crippen molar-refractivity contribution in [2.24, 2.45) is 0 Å². The van der Waals surface area contributed by atoms with Crippen LogP contribution in [-0.2, 0) is 10.2 Å². The molecule has 0 aliphatic heterocycles. The highest BCUT2D eigenvalue weighted by molar-refractivity contribution is 5.70. The molecule has 2 rings (SSSR count). The van der Waals surface area contributed by atoms with Crippen molar-refractivity contribution in [1.82, 2.24) is 9.97 Å². The van der Waals surface area contributed by atoms with E-state index in [1.54, 1.807) is 32.2 Å². The lowest BCUT2D eigenvalue weighted by Gasteiger charge is -2.17. The Morgan fingerprint density at radius 3 is 2.94 bits per heavy atom. The van der Waals surface area contributed by atoms with Crippen molar-refractivity contribution in [3.8, 4) is 0 Å². The minimum Gasteiger partial charge on any atom is -0.481 e. The van der Waals surface area contributed by atoms with E-state index in [0.29, 0.717) is 17.1 Å². The van der Waals surface area contributed by atoms with E-state index in [1.807, 2.05) is 0 Å². The first-order valence-electron chi connectivity index (χ1n) is 4.93. The average molecular weight is 220 g/mol. The molecule has 5 heteroatoms. The predicted octanol–water partition coefficient (Wildman–Crippen LogP) is 1.98. The minimum absolute atomic E-state index is 0.0280. The highest BCUT2D eigenvalue weighted by Crippen LogP contribution is 2.28. The van der Waals surface area contributed by atoms with Gasteiger partial charge >= 0.3 is 5.97 Å². The van der Waals surface area contributed by atoms with Gasteiger partial charge in [0.15, 0.2) is 11.2 Å². The van der Waals surface area contributed by atoms with Crippen molar-refractivity contribution < 1.29 is 14.3 Å². The topological polar surface area (TPSA) is 76.2 Å². The molecule has 0 fully saturated rings. The Morgan fingerprint density at radius 2 is 2.31 bits per heavy atom. The molecule has 0 aliphatic carbocycles. The van der Waals surface area contributed by atoms with Crippen LogP contribution in [0.25, 0.3) is 11.2 Å². The SMILES string of the molecule is CC(C)(CC(=O)O)c1nc2ncccc2o1. The van der Waals surface area contributed by atoms with Gasteiger partial charge in [0, 0.05) is 6.20 Å². The summed E-state index contributed by atoms with van der Waals surface area (Å²) in [4.78, 5) is 19.0. The molecule has 0 spiro atoms. The van der Waals surface area contributed by atoms with Crippen molar-refractivity contribution in [3.63, 3.8) is 0 Å². The fourth-order valence-electron chi connectivity index (χ4n) is 1.51. The van der Waals surface area contributed by atoms with Crippen LogP contribution in [-0.4, -0.2) is 21.0 Å². The molecule has 2 aromatic rings. The first kappa shape index (κ1) is 10.6. The third-order valence-corrected chi connectivity index (χ3v) is 2.34. The Morgan fingerprint density at radius 1 is 1.56 bits per heavy atom. The fraction of sp³-hybridized carbons (Fsp3) is 0.364. The Kier molecular flexibility index (Phi) is 2.38. The molecule has 2 heterocycles. The molecule has 0 unspecified atom stereocenters. The molecule has 2 aromatic heterocycles. The highest BCUT2D eigenvalue weighted by Gasteiger charge is 2.29. The summed E-state index contributed by atoms with van der Waals surface area (Å²) in [5, 5.41) is 8.80. The number of hydrogen-bond acceptors (Lipinski definition) is 4. The number of pyridine rings is 1. The zero-order chi connectivity index (χ0) is 11.8. The summed E-state index contributed by atoms with van der Waals surface area (Å²) in [6, 6.07) is 3.51. The van der Waals surface area contributed by atoms with Gasteiger partial charge in [-0.05, 0) is 12.1 Å². The van der Waals surface area contributed by atoms with Crippen LogP contribution >= 0.6 is 0 Å². The quantitative estimate of drug-likeness (QED) is 0.855. The zero-order valence-corrected chi connectivity index (χ0v) is 9.10. The lowest BCUT2D eigenvalue weighted by molar-refractivity contribution is -0.138. The molecule has 16 heavy (non-hydrogen) atoms. The van der Waals surface area contributed by atoms with Gasteiger partial charge in [-0.3, -0.25) is 4.79 Å². The van der Waals surface area contributed by atoms with Gasteiger partial charge in [-0.15, -0.1) is 0 Å². The maximum absolute atomic E-state index is 10.7. The lowest BCUT2D eigenvalue weighted by atomic mass is 9.89. The standard InChI is InChI=1S/C11H12N2O3/c1-11(2,6-8(14)15)10-13-9-7(16-10)4-3-5-12-9/h3-5H,6H2,1-2H3,(H,14,15). The molecule has 0 saturated heterocycles. The molecule has 0 atom stereocenters. The van der Waals surface area contributed by atoms with Crippen LogP contribution in [0.5, 0.6) is 0 Å². The van der Waals surface area contributed by atoms with E-state index in [4.69, 9.17) is 9.52 Å². The molecule has 84 valence electrons. The van der Waals surface area contributed by atoms with Crippen molar-refractivity contribution in [2.75, 3.05) is 0 Å². The summed E-state index contributed by atoms with van der Waals surface area (Å²) in [5.41, 5.74) is 0.457. The summed E-state index contributed by atoms with van der Waals surface area (Å²) in [6.45, 7) is 3.57. The van der Waals surface area contributed by atoms with E-state index in [9.17, 15) is 4.79 Å². The average Bonchev–Trinajstić information content (AvgIpc) is 2.59.